The molecule has 0 unspecified atom stereocenters. The van der Waals surface area contributed by atoms with Crippen LogP contribution in [0.2, 0.25) is 0 Å². The molecule has 0 radical (unpaired) electrons. The first-order chi connectivity index (χ1) is 11.5. The third kappa shape index (κ3) is 2.44. The summed E-state index contributed by atoms with van der Waals surface area (Å²) in [6.45, 7) is -0.435. The van der Waals surface area contributed by atoms with Crippen molar-refractivity contribution in [1.82, 2.24) is 0 Å². The molecule has 3 fully saturated rings. The quantitative estimate of drug-likeness (QED) is 0.845. The van der Waals surface area contributed by atoms with Crippen LogP contribution in [0.3, 0.4) is 0 Å². The van der Waals surface area contributed by atoms with Crippen molar-refractivity contribution in [3.63, 3.8) is 0 Å². The standard InChI is InChI=1S/C17H16FNO5/c18-9-1-3-10(4-2-9)19-13(20)7-23-16(21)14-8-5-11-12(6-8)24-17(22)15(11)14/h1-4,8,11-12,14-15H,5-7H2,(H,19,20)/t8-,11-,12-,14-,15+/m1/s1. The maximum atomic E-state index is 12.8. The molecule has 126 valence electrons. The van der Waals surface area contributed by atoms with Gasteiger partial charge in [0.1, 0.15) is 11.9 Å². The highest BCUT2D eigenvalue weighted by Crippen LogP contribution is 2.57. The first-order valence-electron chi connectivity index (χ1n) is 7.95. The highest BCUT2D eigenvalue weighted by molar-refractivity contribution is 5.93. The summed E-state index contributed by atoms with van der Waals surface area (Å²) in [6.07, 6.45) is 1.47. The van der Waals surface area contributed by atoms with Gasteiger partial charge in [-0.1, -0.05) is 0 Å². The molecule has 1 aromatic carbocycles. The summed E-state index contributed by atoms with van der Waals surface area (Å²) >= 11 is 0. The van der Waals surface area contributed by atoms with Gasteiger partial charge in [0.2, 0.25) is 0 Å². The fourth-order valence-corrected chi connectivity index (χ4v) is 4.29. The molecule has 1 aliphatic heterocycles. The number of fused-ring (bicyclic) bond motifs is 1. The van der Waals surface area contributed by atoms with E-state index in [2.05, 4.69) is 5.32 Å². The Balaban J connectivity index is 1.33. The molecule has 6 nitrogen and oxygen atoms in total. The number of hydrogen-bond donors (Lipinski definition) is 1. The Labute approximate surface area is 137 Å². The van der Waals surface area contributed by atoms with Crippen molar-refractivity contribution in [2.45, 2.75) is 18.9 Å². The van der Waals surface area contributed by atoms with E-state index in [1.54, 1.807) is 0 Å². The second-order valence-electron chi connectivity index (χ2n) is 6.59. The van der Waals surface area contributed by atoms with E-state index in [0.29, 0.717) is 12.1 Å². The normalized spacial score (nSPS) is 32.5. The van der Waals surface area contributed by atoms with E-state index in [-0.39, 0.29) is 23.9 Å². The summed E-state index contributed by atoms with van der Waals surface area (Å²) in [7, 11) is 0. The number of carbonyl (C=O) groups is 3. The van der Waals surface area contributed by atoms with E-state index in [9.17, 15) is 18.8 Å². The Morgan fingerprint density at radius 2 is 2.00 bits per heavy atom. The van der Waals surface area contributed by atoms with Gasteiger partial charge in [-0.3, -0.25) is 14.4 Å². The molecule has 7 heteroatoms. The molecule has 4 rings (SSSR count). The smallest absolute Gasteiger partial charge is 0.310 e. The average molecular weight is 333 g/mol. The van der Waals surface area contributed by atoms with E-state index in [4.69, 9.17) is 9.47 Å². The molecule has 2 aliphatic carbocycles. The van der Waals surface area contributed by atoms with E-state index in [1.807, 2.05) is 0 Å². The minimum absolute atomic E-state index is 0.0432. The lowest BCUT2D eigenvalue weighted by Gasteiger charge is -2.22. The fraction of sp³-hybridized carbons (Fsp3) is 0.471. The van der Waals surface area contributed by atoms with Gasteiger partial charge in [-0.25, -0.2) is 4.39 Å². The molecular weight excluding hydrogens is 317 g/mol. The summed E-state index contributed by atoms with van der Waals surface area (Å²) in [4.78, 5) is 36.0. The first kappa shape index (κ1) is 15.1. The fourth-order valence-electron chi connectivity index (χ4n) is 4.29. The molecule has 1 amide bonds. The molecule has 2 bridgehead atoms. The molecule has 1 aromatic rings. The highest BCUT2D eigenvalue weighted by atomic mass is 19.1. The van der Waals surface area contributed by atoms with Crippen LogP contribution >= 0.6 is 0 Å². The second-order valence-corrected chi connectivity index (χ2v) is 6.59. The molecule has 2 saturated carbocycles. The Bertz CT molecular complexity index is 701. The number of hydrogen-bond acceptors (Lipinski definition) is 5. The molecule has 1 saturated heterocycles. The maximum absolute atomic E-state index is 12.8. The van der Waals surface area contributed by atoms with Gasteiger partial charge in [-0.05, 0) is 43.0 Å². The van der Waals surface area contributed by atoms with Gasteiger partial charge in [-0.2, -0.15) is 0 Å². The summed E-state index contributed by atoms with van der Waals surface area (Å²) in [5.74, 6) is -2.44. The molecule has 1 heterocycles. The lowest BCUT2D eigenvalue weighted by molar-refractivity contribution is -0.157. The van der Waals surface area contributed by atoms with Crippen LogP contribution in [-0.4, -0.2) is 30.6 Å². The third-order valence-corrected chi connectivity index (χ3v) is 5.23. The van der Waals surface area contributed by atoms with Gasteiger partial charge in [0, 0.05) is 11.6 Å². The number of amides is 1. The van der Waals surface area contributed by atoms with Crippen molar-refractivity contribution in [1.29, 1.82) is 0 Å². The van der Waals surface area contributed by atoms with Gasteiger partial charge >= 0.3 is 11.9 Å². The summed E-state index contributed by atoms with van der Waals surface area (Å²) in [6, 6.07) is 5.28. The predicted octanol–water partition coefficient (Wildman–Crippen LogP) is 1.50. The van der Waals surface area contributed by atoms with Crippen molar-refractivity contribution in [2.75, 3.05) is 11.9 Å². The first-order valence-corrected chi connectivity index (χ1v) is 7.95. The Hall–Kier alpha value is -2.44. The lowest BCUT2D eigenvalue weighted by atomic mass is 9.80. The van der Waals surface area contributed by atoms with Gasteiger partial charge in [0.05, 0.1) is 11.8 Å². The number of esters is 2. The Morgan fingerprint density at radius 3 is 2.75 bits per heavy atom. The SMILES string of the molecule is O=C(COC(=O)[C@@H]1[C@@H]2C[C@H]3[C@@H]1C(=O)O[C@@H]3C2)Nc1ccc(F)cc1. The average Bonchev–Trinajstić information content (AvgIpc) is 3.16. The summed E-state index contributed by atoms with van der Waals surface area (Å²) < 4.78 is 23.2. The minimum Gasteiger partial charge on any atom is -0.462 e. The number of nitrogens with one attached hydrogen (secondary N) is 1. The van der Waals surface area contributed by atoms with E-state index in [1.165, 1.54) is 24.3 Å². The number of ether oxygens (including phenoxy) is 2. The van der Waals surface area contributed by atoms with Gasteiger partial charge in [0.15, 0.2) is 6.61 Å². The highest BCUT2D eigenvalue weighted by Gasteiger charge is 2.64. The van der Waals surface area contributed by atoms with Crippen molar-refractivity contribution < 1.29 is 28.2 Å². The number of halogens is 1. The van der Waals surface area contributed by atoms with E-state index in [0.717, 1.165) is 6.42 Å². The third-order valence-electron chi connectivity index (χ3n) is 5.23. The number of benzene rings is 1. The van der Waals surface area contributed by atoms with Crippen LogP contribution < -0.4 is 5.32 Å². The number of anilines is 1. The summed E-state index contributed by atoms with van der Waals surface area (Å²) in [5, 5.41) is 2.52. The zero-order chi connectivity index (χ0) is 16.8. The lowest BCUT2D eigenvalue weighted by Crippen LogP contribution is -2.34. The van der Waals surface area contributed by atoms with Crippen molar-refractivity contribution in [3.8, 4) is 0 Å². The molecule has 1 N–H and O–H groups in total. The van der Waals surface area contributed by atoms with Crippen LogP contribution in [0.15, 0.2) is 24.3 Å². The largest absolute Gasteiger partial charge is 0.462 e. The topological polar surface area (TPSA) is 81.7 Å². The van der Waals surface area contributed by atoms with Gasteiger partial charge in [-0.15, -0.1) is 0 Å². The monoisotopic (exact) mass is 333 g/mol. The minimum atomic E-state index is -0.515. The predicted molar refractivity (Wildman–Crippen MR) is 79.1 cm³/mol. The second kappa shape index (κ2) is 5.58. The molecule has 5 atom stereocenters. The molecule has 0 spiro atoms. The Kier molecular flexibility index (Phi) is 3.51. The van der Waals surface area contributed by atoms with Gasteiger partial charge in [0.25, 0.3) is 5.91 Å². The van der Waals surface area contributed by atoms with Crippen molar-refractivity contribution in [2.24, 2.45) is 23.7 Å². The van der Waals surface area contributed by atoms with Crippen LogP contribution in [0.25, 0.3) is 0 Å². The number of carbonyl (C=O) groups excluding carboxylic acids is 3. The Morgan fingerprint density at radius 1 is 1.25 bits per heavy atom. The van der Waals surface area contributed by atoms with Crippen LogP contribution in [0.1, 0.15) is 12.8 Å². The van der Waals surface area contributed by atoms with Crippen molar-refractivity contribution >= 4 is 23.5 Å². The van der Waals surface area contributed by atoms with Crippen LogP contribution in [0, 0.1) is 29.5 Å². The van der Waals surface area contributed by atoms with E-state index >= 15 is 0 Å². The van der Waals surface area contributed by atoms with Crippen LogP contribution in [-0.2, 0) is 23.9 Å². The zero-order valence-electron chi connectivity index (χ0n) is 12.7. The number of rotatable bonds is 4. The van der Waals surface area contributed by atoms with Gasteiger partial charge < -0.3 is 14.8 Å². The maximum Gasteiger partial charge on any atom is 0.310 e. The molecule has 24 heavy (non-hydrogen) atoms. The molecule has 3 aliphatic rings. The van der Waals surface area contributed by atoms with Crippen LogP contribution in [0.4, 0.5) is 10.1 Å². The van der Waals surface area contributed by atoms with Crippen molar-refractivity contribution in [3.05, 3.63) is 30.1 Å². The molecular formula is C17H16FNO5. The van der Waals surface area contributed by atoms with E-state index < -0.39 is 36.1 Å². The molecule has 0 aromatic heterocycles. The van der Waals surface area contributed by atoms with Crippen LogP contribution in [0.5, 0.6) is 0 Å². The summed E-state index contributed by atoms with van der Waals surface area (Å²) in [5.41, 5.74) is 0.416. The zero-order valence-corrected chi connectivity index (χ0v) is 12.7.